The van der Waals surface area contributed by atoms with E-state index in [1.165, 1.54) is 12.6 Å². The molecule has 21 heavy (non-hydrogen) atoms. The van der Waals surface area contributed by atoms with Crippen LogP contribution in [0.25, 0.3) is 0 Å². The molecule has 0 atom stereocenters. The van der Waals surface area contributed by atoms with Gasteiger partial charge in [0.1, 0.15) is 5.60 Å². The molecule has 1 heterocycles. The van der Waals surface area contributed by atoms with Crippen molar-refractivity contribution in [3.05, 3.63) is 23.3 Å². The van der Waals surface area contributed by atoms with Crippen molar-refractivity contribution in [3.63, 3.8) is 0 Å². The van der Waals surface area contributed by atoms with E-state index in [0.717, 1.165) is 25.7 Å². The molecule has 0 radical (unpaired) electrons. The standard InChI is InChI=1S/C16H24N2O3/c1-4-21-16(8-6-5-7-9-16)15-17-10-12(14(19)20)13(18-15)11(2)3/h10-11H,4-9H2,1-3H3,(H,19,20). The Hall–Kier alpha value is -1.49. The second-order valence-electron chi connectivity index (χ2n) is 5.94. The Labute approximate surface area is 125 Å². The molecule has 0 saturated heterocycles. The summed E-state index contributed by atoms with van der Waals surface area (Å²) in [6.45, 7) is 6.49. The Kier molecular flexibility index (Phi) is 4.93. The number of aromatic nitrogens is 2. The normalized spacial score (nSPS) is 17.9. The van der Waals surface area contributed by atoms with Crippen molar-refractivity contribution >= 4 is 5.97 Å². The molecule has 1 fully saturated rings. The van der Waals surface area contributed by atoms with E-state index >= 15 is 0 Å². The van der Waals surface area contributed by atoms with Gasteiger partial charge in [0.2, 0.25) is 0 Å². The van der Waals surface area contributed by atoms with Gasteiger partial charge in [-0.05, 0) is 25.7 Å². The highest BCUT2D eigenvalue weighted by molar-refractivity contribution is 5.88. The number of hydrogen-bond donors (Lipinski definition) is 1. The third-order valence-electron chi connectivity index (χ3n) is 4.08. The van der Waals surface area contributed by atoms with Gasteiger partial charge in [-0.1, -0.05) is 33.1 Å². The van der Waals surface area contributed by atoms with Crippen molar-refractivity contribution in [2.24, 2.45) is 0 Å². The lowest BCUT2D eigenvalue weighted by atomic mass is 9.83. The maximum Gasteiger partial charge on any atom is 0.339 e. The predicted octanol–water partition coefficient (Wildman–Crippen LogP) is 3.49. The lowest BCUT2D eigenvalue weighted by Crippen LogP contribution is -2.35. The summed E-state index contributed by atoms with van der Waals surface area (Å²) in [7, 11) is 0. The van der Waals surface area contributed by atoms with E-state index in [4.69, 9.17) is 4.74 Å². The zero-order valence-corrected chi connectivity index (χ0v) is 13.1. The lowest BCUT2D eigenvalue weighted by Gasteiger charge is -2.35. The van der Waals surface area contributed by atoms with E-state index in [1.54, 1.807) is 0 Å². The number of hydrogen-bond acceptors (Lipinski definition) is 4. The molecule has 0 unspecified atom stereocenters. The van der Waals surface area contributed by atoms with Crippen LogP contribution in [-0.2, 0) is 10.3 Å². The maximum absolute atomic E-state index is 11.3. The Bertz CT molecular complexity index is 503. The molecule has 0 bridgehead atoms. The first kappa shape index (κ1) is 15.9. The number of carboxylic acids is 1. The summed E-state index contributed by atoms with van der Waals surface area (Å²) >= 11 is 0. The molecule has 1 aliphatic rings. The van der Waals surface area contributed by atoms with Crippen LogP contribution < -0.4 is 0 Å². The molecule has 1 aromatic rings. The highest BCUT2D eigenvalue weighted by atomic mass is 16.5. The first-order valence-corrected chi connectivity index (χ1v) is 7.75. The molecule has 0 aromatic carbocycles. The van der Waals surface area contributed by atoms with Gasteiger partial charge in [-0.3, -0.25) is 0 Å². The zero-order valence-electron chi connectivity index (χ0n) is 13.1. The maximum atomic E-state index is 11.3. The van der Waals surface area contributed by atoms with Crippen molar-refractivity contribution in [2.45, 2.75) is 64.4 Å². The van der Waals surface area contributed by atoms with Crippen LogP contribution >= 0.6 is 0 Å². The molecular weight excluding hydrogens is 268 g/mol. The average molecular weight is 292 g/mol. The third kappa shape index (κ3) is 3.23. The van der Waals surface area contributed by atoms with E-state index in [9.17, 15) is 9.90 Å². The van der Waals surface area contributed by atoms with Crippen molar-refractivity contribution in [1.29, 1.82) is 0 Å². The summed E-state index contributed by atoms with van der Waals surface area (Å²) in [6, 6.07) is 0. The quantitative estimate of drug-likeness (QED) is 0.899. The van der Waals surface area contributed by atoms with E-state index in [0.29, 0.717) is 18.1 Å². The minimum absolute atomic E-state index is 0.0418. The molecule has 0 spiro atoms. The molecule has 1 saturated carbocycles. The molecule has 116 valence electrons. The van der Waals surface area contributed by atoms with Gasteiger partial charge in [0.15, 0.2) is 5.82 Å². The number of rotatable bonds is 5. The predicted molar refractivity (Wildman–Crippen MR) is 79.5 cm³/mol. The van der Waals surface area contributed by atoms with Gasteiger partial charge in [0, 0.05) is 12.8 Å². The first-order valence-electron chi connectivity index (χ1n) is 7.75. The monoisotopic (exact) mass is 292 g/mol. The van der Waals surface area contributed by atoms with Crippen LogP contribution in [0.4, 0.5) is 0 Å². The molecular formula is C16H24N2O3. The van der Waals surface area contributed by atoms with Crippen LogP contribution in [-0.4, -0.2) is 27.7 Å². The number of aromatic carboxylic acids is 1. The van der Waals surface area contributed by atoms with E-state index in [2.05, 4.69) is 9.97 Å². The van der Waals surface area contributed by atoms with E-state index in [-0.39, 0.29) is 11.5 Å². The SMILES string of the molecule is CCOC1(c2ncc(C(=O)O)c(C(C)C)n2)CCCCC1. The molecule has 5 heteroatoms. The van der Waals surface area contributed by atoms with Crippen molar-refractivity contribution in [2.75, 3.05) is 6.61 Å². The Morgan fingerprint density at radius 1 is 1.38 bits per heavy atom. The fourth-order valence-corrected chi connectivity index (χ4v) is 3.05. The van der Waals surface area contributed by atoms with Crippen molar-refractivity contribution < 1.29 is 14.6 Å². The van der Waals surface area contributed by atoms with Crippen LogP contribution in [0.15, 0.2) is 6.20 Å². The van der Waals surface area contributed by atoms with Gasteiger partial charge in [-0.15, -0.1) is 0 Å². The number of nitrogens with zero attached hydrogens (tertiary/aromatic N) is 2. The number of carboxylic acid groups (broad SMARTS) is 1. The Morgan fingerprint density at radius 2 is 2.05 bits per heavy atom. The second kappa shape index (κ2) is 6.52. The minimum Gasteiger partial charge on any atom is -0.478 e. The molecule has 0 aliphatic heterocycles. The van der Waals surface area contributed by atoms with Gasteiger partial charge in [-0.2, -0.15) is 0 Å². The highest BCUT2D eigenvalue weighted by Gasteiger charge is 2.38. The largest absolute Gasteiger partial charge is 0.478 e. The summed E-state index contributed by atoms with van der Waals surface area (Å²) in [5.41, 5.74) is 0.349. The Balaban J connectivity index is 2.46. The summed E-state index contributed by atoms with van der Waals surface area (Å²) < 4.78 is 6.02. The molecule has 1 N–H and O–H groups in total. The van der Waals surface area contributed by atoms with Crippen molar-refractivity contribution in [1.82, 2.24) is 9.97 Å². The topological polar surface area (TPSA) is 72.3 Å². The van der Waals surface area contributed by atoms with Gasteiger partial charge in [-0.25, -0.2) is 14.8 Å². The fourth-order valence-electron chi connectivity index (χ4n) is 3.05. The van der Waals surface area contributed by atoms with Crippen LogP contribution in [0, 0.1) is 0 Å². The Morgan fingerprint density at radius 3 is 2.57 bits per heavy atom. The van der Waals surface area contributed by atoms with E-state index in [1.807, 2.05) is 20.8 Å². The molecule has 1 aliphatic carbocycles. The summed E-state index contributed by atoms with van der Waals surface area (Å²) in [5.74, 6) is -0.280. The molecule has 2 rings (SSSR count). The summed E-state index contributed by atoms with van der Waals surface area (Å²) in [4.78, 5) is 20.2. The molecule has 0 amide bonds. The van der Waals surface area contributed by atoms with Crippen LogP contribution in [0.1, 0.15) is 80.7 Å². The smallest absolute Gasteiger partial charge is 0.339 e. The first-order chi connectivity index (χ1) is 10.00. The molecule has 5 nitrogen and oxygen atoms in total. The summed E-state index contributed by atoms with van der Waals surface area (Å²) in [5, 5.41) is 9.27. The lowest BCUT2D eigenvalue weighted by molar-refractivity contribution is -0.0768. The minimum atomic E-state index is -0.973. The van der Waals surface area contributed by atoms with Gasteiger partial charge >= 0.3 is 5.97 Å². The van der Waals surface area contributed by atoms with E-state index < -0.39 is 11.6 Å². The molecule has 1 aromatic heterocycles. The summed E-state index contributed by atoms with van der Waals surface area (Å²) in [6.07, 6.45) is 6.66. The van der Waals surface area contributed by atoms with Crippen LogP contribution in [0.2, 0.25) is 0 Å². The zero-order chi connectivity index (χ0) is 15.5. The van der Waals surface area contributed by atoms with Gasteiger partial charge in [0.05, 0.1) is 11.3 Å². The second-order valence-corrected chi connectivity index (χ2v) is 5.94. The number of carbonyl (C=O) groups is 1. The average Bonchev–Trinajstić information content (AvgIpc) is 2.47. The third-order valence-corrected chi connectivity index (χ3v) is 4.08. The van der Waals surface area contributed by atoms with Gasteiger partial charge in [0.25, 0.3) is 0 Å². The van der Waals surface area contributed by atoms with Crippen LogP contribution in [0.5, 0.6) is 0 Å². The highest BCUT2D eigenvalue weighted by Crippen LogP contribution is 2.39. The van der Waals surface area contributed by atoms with Crippen LogP contribution in [0.3, 0.4) is 0 Å². The number of ether oxygens (including phenoxy) is 1. The van der Waals surface area contributed by atoms with Gasteiger partial charge < -0.3 is 9.84 Å². The van der Waals surface area contributed by atoms with Crippen molar-refractivity contribution in [3.8, 4) is 0 Å². The fraction of sp³-hybridized carbons (Fsp3) is 0.688.